The van der Waals surface area contributed by atoms with Gasteiger partial charge in [0.05, 0.1) is 6.61 Å². The molecule has 3 aromatic carbocycles. The maximum Gasteiger partial charge on any atom is 0.374 e. The number of rotatable bonds is 26. The minimum Gasteiger partial charge on any atom is -0.494 e. The van der Waals surface area contributed by atoms with Crippen molar-refractivity contribution in [1.29, 1.82) is 0 Å². The summed E-state index contributed by atoms with van der Waals surface area (Å²) < 4.78 is 33.8. The summed E-state index contributed by atoms with van der Waals surface area (Å²) >= 11 is 0. The molecule has 0 N–H and O–H groups in total. The van der Waals surface area contributed by atoms with E-state index >= 15 is 0 Å². The zero-order valence-electron chi connectivity index (χ0n) is 35.2. The van der Waals surface area contributed by atoms with Gasteiger partial charge in [-0.2, -0.15) is 0 Å². The Labute approximate surface area is 348 Å². The highest BCUT2D eigenvalue weighted by atomic mass is 16.6. The van der Waals surface area contributed by atoms with E-state index in [0.29, 0.717) is 17.9 Å². The van der Waals surface area contributed by atoms with E-state index < -0.39 is 54.9 Å². The number of carbonyl (C=O) groups excluding carboxylic acids is 5. The fraction of sp³-hybridized carbons (Fsp3) is 0.396. The predicted molar refractivity (Wildman–Crippen MR) is 226 cm³/mol. The van der Waals surface area contributed by atoms with Gasteiger partial charge in [-0.25, -0.2) is 19.2 Å². The van der Waals surface area contributed by atoms with Crippen LogP contribution in [0.4, 0.5) is 0 Å². The second kappa shape index (κ2) is 24.1. The number of unbranched alkanes of at least 4 members (excludes halogenated alkanes) is 3. The fourth-order valence-corrected chi connectivity index (χ4v) is 5.67. The highest BCUT2D eigenvalue weighted by Crippen LogP contribution is 2.30. The molecule has 0 amide bonds. The van der Waals surface area contributed by atoms with Gasteiger partial charge >= 0.3 is 23.9 Å². The number of carbonyl (C=O) groups is 5. The van der Waals surface area contributed by atoms with Gasteiger partial charge in [0.2, 0.25) is 5.78 Å². The SMILES string of the molecule is C=C(C)C(=O)OCc1cc(CCCOc2ccc(CCCCCC)cc2)ccc1-c1ccc(OCC(COC(=O)C(=C)C)(COC(=O)C(=C)C)COC(=O)C(C)=O)cc1. The van der Waals surface area contributed by atoms with Gasteiger partial charge in [-0.3, -0.25) is 4.79 Å². The lowest BCUT2D eigenvalue weighted by Crippen LogP contribution is -2.44. The lowest BCUT2D eigenvalue weighted by Gasteiger charge is -2.32. The zero-order valence-corrected chi connectivity index (χ0v) is 35.2. The average Bonchev–Trinajstić information content (AvgIpc) is 3.22. The molecular weight excluding hydrogens is 753 g/mol. The van der Waals surface area contributed by atoms with Gasteiger partial charge in [0, 0.05) is 23.6 Å². The molecule has 0 atom stereocenters. The van der Waals surface area contributed by atoms with Crippen LogP contribution in [-0.2, 0) is 62.4 Å². The van der Waals surface area contributed by atoms with E-state index in [1.807, 2.05) is 42.5 Å². The first-order chi connectivity index (χ1) is 28.1. The number of esters is 4. The van der Waals surface area contributed by atoms with Crippen molar-refractivity contribution in [2.24, 2.45) is 5.41 Å². The minimum absolute atomic E-state index is 0.0295. The van der Waals surface area contributed by atoms with E-state index in [1.165, 1.54) is 45.1 Å². The van der Waals surface area contributed by atoms with Gasteiger partial charge in [0.15, 0.2) is 0 Å². The molecule has 0 heterocycles. The molecule has 0 radical (unpaired) electrons. The van der Waals surface area contributed by atoms with E-state index in [9.17, 15) is 24.0 Å². The summed E-state index contributed by atoms with van der Waals surface area (Å²) in [5, 5.41) is 0. The van der Waals surface area contributed by atoms with E-state index in [-0.39, 0.29) is 24.4 Å². The van der Waals surface area contributed by atoms with Gasteiger partial charge in [-0.15, -0.1) is 0 Å². The summed E-state index contributed by atoms with van der Waals surface area (Å²) in [5.74, 6) is -2.66. The molecule has 3 rings (SSSR count). The molecule has 0 aliphatic heterocycles. The molecule has 0 aliphatic rings. The third-order valence-corrected chi connectivity index (χ3v) is 9.22. The third-order valence-electron chi connectivity index (χ3n) is 9.22. The van der Waals surface area contributed by atoms with Crippen molar-refractivity contribution in [2.45, 2.75) is 86.2 Å². The molecule has 11 heteroatoms. The van der Waals surface area contributed by atoms with Crippen LogP contribution in [0.1, 0.15) is 83.4 Å². The minimum atomic E-state index is -1.42. The number of ketones is 1. The Morgan fingerprint density at radius 3 is 1.61 bits per heavy atom. The lowest BCUT2D eigenvalue weighted by atomic mass is 9.92. The van der Waals surface area contributed by atoms with Crippen LogP contribution < -0.4 is 9.47 Å². The molecule has 3 aromatic rings. The van der Waals surface area contributed by atoms with Gasteiger partial charge < -0.3 is 28.4 Å². The molecule has 0 saturated carbocycles. The lowest BCUT2D eigenvalue weighted by molar-refractivity contribution is -0.165. The zero-order chi connectivity index (χ0) is 43.4. The smallest absolute Gasteiger partial charge is 0.374 e. The van der Waals surface area contributed by atoms with Crippen molar-refractivity contribution in [3.05, 3.63) is 120 Å². The van der Waals surface area contributed by atoms with Crippen molar-refractivity contribution in [1.82, 2.24) is 0 Å². The summed E-state index contributed by atoms with van der Waals surface area (Å²) in [7, 11) is 0. The highest BCUT2D eigenvalue weighted by Gasteiger charge is 2.38. The molecule has 0 bridgehead atoms. The number of hydrogen-bond donors (Lipinski definition) is 0. The summed E-state index contributed by atoms with van der Waals surface area (Å²) in [6.45, 7) is 17.7. The monoisotopic (exact) mass is 810 g/mol. The number of ether oxygens (including phenoxy) is 6. The van der Waals surface area contributed by atoms with Gasteiger partial charge in [-0.1, -0.05) is 88.4 Å². The maximum absolute atomic E-state index is 12.4. The first kappa shape index (κ1) is 47.4. The Morgan fingerprint density at radius 2 is 1.05 bits per heavy atom. The van der Waals surface area contributed by atoms with Crippen molar-refractivity contribution in [3.63, 3.8) is 0 Å². The Kier molecular flexibility index (Phi) is 19.3. The van der Waals surface area contributed by atoms with Crippen LogP contribution in [0.15, 0.2) is 103 Å². The predicted octanol–water partition coefficient (Wildman–Crippen LogP) is 8.84. The summed E-state index contributed by atoms with van der Waals surface area (Å²) in [6.07, 6.45) is 7.55. The number of aryl methyl sites for hydroxylation is 2. The van der Waals surface area contributed by atoms with Crippen LogP contribution >= 0.6 is 0 Å². The van der Waals surface area contributed by atoms with Crippen molar-refractivity contribution >= 4 is 29.7 Å². The van der Waals surface area contributed by atoms with Crippen LogP contribution in [-0.4, -0.2) is 62.7 Å². The first-order valence-corrected chi connectivity index (χ1v) is 19.9. The van der Waals surface area contributed by atoms with E-state index in [0.717, 1.165) is 54.2 Å². The maximum atomic E-state index is 12.4. The third kappa shape index (κ3) is 16.4. The number of benzene rings is 3. The average molecular weight is 811 g/mol. The van der Waals surface area contributed by atoms with Crippen LogP contribution in [0.3, 0.4) is 0 Å². The van der Waals surface area contributed by atoms with E-state index in [1.54, 1.807) is 19.1 Å². The van der Waals surface area contributed by atoms with Crippen LogP contribution in [0.2, 0.25) is 0 Å². The Morgan fingerprint density at radius 1 is 0.542 bits per heavy atom. The summed E-state index contributed by atoms with van der Waals surface area (Å²) in [5.41, 5.74) is 3.95. The van der Waals surface area contributed by atoms with Crippen molar-refractivity contribution < 1.29 is 52.4 Å². The van der Waals surface area contributed by atoms with Gasteiger partial charge in [-0.05, 0) is 98.5 Å². The van der Waals surface area contributed by atoms with E-state index in [2.05, 4.69) is 38.8 Å². The molecule has 0 spiro atoms. The van der Waals surface area contributed by atoms with Crippen molar-refractivity contribution in [2.75, 3.05) is 33.0 Å². The second-order valence-corrected chi connectivity index (χ2v) is 14.9. The molecule has 316 valence electrons. The quantitative estimate of drug-likeness (QED) is 0.0253. The molecule has 11 nitrogen and oxygen atoms in total. The standard InChI is InChI=1S/C48H58O11/c1-9-10-11-12-14-37-16-21-41(22-17-37)54-26-13-15-38-18-25-43(40(27-38)28-55-44(50)33(2)3)39-19-23-42(24-20-39)56-29-48(30-57-45(51)34(4)5,31-58-46(52)35(6)7)32-59-47(53)36(8)49/h16-25,27H,2,4,6,9-15,26,28-32H2,1,3,5,7-8H3. The van der Waals surface area contributed by atoms with Crippen LogP contribution in [0.5, 0.6) is 11.5 Å². The van der Waals surface area contributed by atoms with Crippen LogP contribution in [0.25, 0.3) is 11.1 Å². The van der Waals surface area contributed by atoms with E-state index in [4.69, 9.17) is 28.4 Å². The molecule has 0 fully saturated rings. The normalized spacial score (nSPS) is 10.9. The summed E-state index contributed by atoms with van der Waals surface area (Å²) in [4.78, 5) is 61.0. The number of hydrogen-bond acceptors (Lipinski definition) is 11. The largest absolute Gasteiger partial charge is 0.494 e. The topological polar surface area (TPSA) is 141 Å². The van der Waals surface area contributed by atoms with Crippen molar-refractivity contribution in [3.8, 4) is 22.6 Å². The molecule has 0 aliphatic carbocycles. The Hall–Kier alpha value is -5.97. The van der Waals surface area contributed by atoms with Gasteiger partial charge in [0.1, 0.15) is 49.9 Å². The molecule has 0 unspecified atom stereocenters. The first-order valence-electron chi connectivity index (χ1n) is 19.9. The van der Waals surface area contributed by atoms with Gasteiger partial charge in [0.25, 0.3) is 0 Å². The van der Waals surface area contributed by atoms with Crippen LogP contribution in [0, 0.1) is 5.41 Å². The molecule has 59 heavy (non-hydrogen) atoms. The number of Topliss-reactive ketones (excluding diaryl/α,β-unsaturated/α-hetero) is 1. The Balaban J connectivity index is 1.77. The fourth-order valence-electron chi connectivity index (χ4n) is 5.67. The molecule has 0 aromatic heterocycles. The Bertz CT molecular complexity index is 1870. The highest BCUT2D eigenvalue weighted by molar-refractivity contribution is 6.32. The summed E-state index contributed by atoms with van der Waals surface area (Å²) in [6, 6.07) is 21.5. The molecular formula is C48H58O11. The second-order valence-electron chi connectivity index (χ2n) is 14.9. The molecule has 0 saturated heterocycles.